The van der Waals surface area contributed by atoms with Crippen LogP contribution in [0.5, 0.6) is 5.75 Å². The molecule has 2 rings (SSSR count). The number of methoxy groups -OCH3 is 1. The summed E-state index contributed by atoms with van der Waals surface area (Å²) in [6.07, 6.45) is 0. The first kappa shape index (κ1) is 16.6. The van der Waals surface area contributed by atoms with Crippen LogP contribution in [0.25, 0.3) is 11.3 Å². The van der Waals surface area contributed by atoms with Crippen molar-refractivity contribution in [3.8, 4) is 17.1 Å². The zero-order valence-electron chi connectivity index (χ0n) is 13.5. The first-order valence-corrected chi connectivity index (χ1v) is 7.05. The van der Waals surface area contributed by atoms with Crippen molar-refractivity contribution >= 4 is 17.6 Å². The Bertz CT molecular complexity index is 740. The Morgan fingerprint density at radius 1 is 1.17 bits per heavy atom. The zero-order chi connectivity index (χ0) is 17.2. The average Bonchev–Trinajstić information content (AvgIpc) is 2.96. The molecule has 1 heterocycles. The third-order valence-electron chi connectivity index (χ3n) is 3.23. The quantitative estimate of drug-likeness (QED) is 0.898. The van der Waals surface area contributed by atoms with Gasteiger partial charge >= 0.3 is 5.97 Å². The molecule has 0 fully saturated rings. The number of furan rings is 1. The third kappa shape index (κ3) is 3.71. The van der Waals surface area contributed by atoms with Crippen molar-refractivity contribution in [2.75, 3.05) is 12.4 Å². The lowest BCUT2D eigenvalue weighted by Crippen LogP contribution is -2.27. The number of carboxylic acid groups (broad SMARTS) is 1. The number of hydrogen-bond acceptors (Lipinski definition) is 4. The van der Waals surface area contributed by atoms with E-state index in [0.717, 1.165) is 0 Å². The fourth-order valence-corrected chi connectivity index (χ4v) is 1.88. The van der Waals surface area contributed by atoms with E-state index in [2.05, 4.69) is 5.32 Å². The highest BCUT2D eigenvalue weighted by Crippen LogP contribution is 2.32. The van der Waals surface area contributed by atoms with Gasteiger partial charge < -0.3 is 19.6 Å². The highest BCUT2D eigenvalue weighted by Gasteiger charge is 2.22. The van der Waals surface area contributed by atoms with Crippen LogP contribution in [0.15, 0.2) is 34.7 Å². The van der Waals surface area contributed by atoms with Gasteiger partial charge in [-0.3, -0.25) is 4.79 Å². The number of anilines is 1. The molecule has 1 amide bonds. The number of aromatic carboxylic acids is 1. The molecule has 0 aliphatic rings. The summed E-state index contributed by atoms with van der Waals surface area (Å²) in [5.74, 6) is -0.520. The highest BCUT2D eigenvalue weighted by molar-refractivity contribution is 5.96. The van der Waals surface area contributed by atoms with Gasteiger partial charge in [0.25, 0.3) is 0 Å². The van der Waals surface area contributed by atoms with Crippen LogP contribution in [0, 0.1) is 5.41 Å². The predicted molar refractivity (Wildman–Crippen MR) is 85.7 cm³/mol. The van der Waals surface area contributed by atoms with E-state index >= 15 is 0 Å². The molecule has 2 N–H and O–H groups in total. The minimum atomic E-state index is -1.13. The summed E-state index contributed by atoms with van der Waals surface area (Å²) in [5.41, 5.74) is 0.586. The molecule has 1 aromatic carbocycles. The van der Waals surface area contributed by atoms with Crippen molar-refractivity contribution < 1.29 is 23.8 Å². The lowest BCUT2D eigenvalue weighted by molar-refractivity contribution is -0.123. The van der Waals surface area contributed by atoms with Crippen LogP contribution >= 0.6 is 0 Å². The topological polar surface area (TPSA) is 88.8 Å². The monoisotopic (exact) mass is 317 g/mol. The summed E-state index contributed by atoms with van der Waals surface area (Å²) in [6.45, 7) is 5.43. The Kier molecular flexibility index (Phi) is 4.45. The summed E-state index contributed by atoms with van der Waals surface area (Å²) >= 11 is 0. The maximum atomic E-state index is 12.2. The Morgan fingerprint density at radius 2 is 1.87 bits per heavy atom. The van der Waals surface area contributed by atoms with Crippen molar-refractivity contribution in [3.05, 3.63) is 36.1 Å². The molecule has 2 aromatic rings. The second-order valence-corrected chi connectivity index (χ2v) is 6.09. The first-order valence-electron chi connectivity index (χ1n) is 7.05. The molecule has 1 aromatic heterocycles. The maximum absolute atomic E-state index is 12.2. The molecular formula is C17H19NO5. The third-order valence-corrected chi connectivity index (χ3v) is 3.23. The molecule has 0 saturated heterocycles. The van der Waals surface area contributed by atoms with E-state index < -0.39 is 11.4 Å². The fourth-order valence-electron chi connectivity index (χ4n) is 1.88. The maximum Gasteiger partial charge on any atom is 0.371 e. The largest absolute Gasteiger partial charge is 0.495 e. The predicted octanol–water partition coefficient (Wildman–Crippen LogP) is 3.64. The summed E-state index contributed by atoms with van der Waals surface area (Å²) < 4.78 is 10.5. The van der Waals surface area contributed by atoms with Gasteiger partial charge in [-0.25, -0.2) is 4.79 Å². The zero-order valence-corrected chi connectivity index (χ0v) is 13.5. The molecule has 6 heteroatoms. The van der Waals surface area contributed by atoms with Gasteiger partial charge in [0, 0.05) is 11.0 Å². The molecule has 0 spiro atoms. The van der Waals surface area contributed by atoms with Crippen LogP contribution in [-0.2, 0) is 4.79 Å². The van der Waals surface area contributed by atoms with E-state index in [4.69, 9.17) is 14.3 Å². The summed E-state index contributed by atoms with van der Waals surface area (Å²) in [6, 6.07) is 8.06. The van der Waals surface area contributed by atoms with Crippen molar-refractivity contribution in [2.45, 2.75) is 20.8 Å². The number of ether oxygens (including phenoxy) is 1. The van der Waals surface area contributed by atoms with Gasteiger partial charge in [-0.05, 0) is 30.3 Å². The standard InChI is InChI=1S/C17H19NO5/c1-17(2,3)16(21)18-11-9-10(5-6-13(11)22-4)12-7-8-14(23-12)15(19)20/h5-9H,1-4H3,(H,18,21)(H,19,20). The average molecular weight is 317 g/mol. The fraction of sp³-hybridized carbons (Fsp3) is 0.294. The summed E-state index contributed by atoms with van der Waals surface area (Å²) in [5, 5.41) is 11.7. The minimum Gasteiger partial charge on any atom is -0.495 e. The van der Waals surface area contributed by atoms with Crippen molar-refractivity contribution in [1.29, 1.82) is 0 Å². The lowest BCUT2D eigenvalue weighted by Gasteiger charge is -2.19. The van der Waals surface area contributed by atoms with Gasteiger partial charge in [0.1, 0.15) is 11.5 Å². The molecule has 0 aliphatic carbocycles. The van der Waals surface area contributed by atoms with Gasteiger partial charge in [0.2, 0.25) is 11.7 Å². The van der Waals surface area contributed by atoms with Crippen LogP contribution in [0.1, 0.15) is 31.3 Å². The van der Waals surface area contributed by atoms with Crippen molar-refractivity contribution in [2.24, 2.45) is 5.41 Å². The minimum absolute atomic E-state index is 0.143. The van der Waals surface area contributed by atoms with Crippen molar-refractivity contribution in [3.63, 3.8) is 0 Å². The number of nitrogens with one attached hydrogen (secondary N) is 1. The molecule has 122 valence electrons. The van der Waals surface area contributed by atoms with Gasteiger partial charge in [-0.1, -0.05) is 20.8 Å². The van der Waals surface area contributed by atoms with E-state index in [0.29, 0.717) is 22.8 Å². The molecule has 0 saturated carbocycles. The number of hydrogen-bond donors (Lipinski definition) is 2. The number of carbonyl (C=O) groups is 2. The first-order chi connectivity index (χ1) is 10.7. The smallest absolute Gasteiger partial charge is 0.371 e. The van der Waals surface area contributed by atoms with E-state index in [1.807, 2.05) is 20.8 Å². The number of carboxylic acids is 1. The number of benzene rings is 1. The molecule has 0 radical (unpaired) electrons. The van der Waals surface area contributed by atoms with E-state index in [-0.39, 0.29) is 11.7 Å². The van der Waals surface area contributed by atoms with Crippen LogP contribution in [0.4, 0.5) is 5.69 Å². The Morgan fingerprint density at radius 3 is 2.39 bits per heavy atom. The SMILES string of the molecule is COc1ccc(-c2ccc(C(=O)O)o2)cc1NC(=O)C(C)(C)C. The summed E-state index contributed by atoms with van der Waals surface area (Å²) in [4.78, 5) is 23.1. The lowest BCUT2D eigenvalue weighted by atomic mass is 9.95. The molecule has 0 atom stereocenters. The van der Waals surface area contributed by atoms with Crippen LogP contribution in [0.2, 0.25) is 0 Å². The van der Waals surface area contributed by atoms with Gasteiger partial charge in [0.05, 0.1) is 12.8 Å². The Hall–Kier alpha value is -2.76. The number of carbonyl (C=O) groups excluding carboxylic acids is 1. The molecule has 0 bridgehead atoms. The molecule has 23 heavy (non-hydrogen) atoms. The van der Waals surface area contributed by atoms with Crippen LogP contribution < -0.4 is 10.1 Å². The van der Waals surface area contributed by atoms with Crippen molar-refractivity contribution in [1.82, 2.24) is 0 Å². The van der Waals surface area contributed by atoms with E-state index in [1.54, 1.807) is 24.3 Å². The molecule has 0 aliphatic heterocycles. The summed E-state index contributed by atoms with van der Waals surface area (Å²) in [7, 11) is 1.51. The second kappa shape index (κ2) is 6.16. The van der Waals surface area contributed by atoms with E-state index in [1.165, 1.54) is 13.2 Å². The van der Waals surface area contributed by atoms with E-state index in [9.17, 15) is 9.59 Å². The molecular weight excluding hydrogens is 298 g/mol. The highest BCUT2D eigenvalue weighted by atomic mass is 16.5. The molecule has 6 nitrogen and oxygen atoms in total. The Balaban J connectivity index is 2.38. The molecule has 0 unspecified atom stereocenters. The Labute approximate surface area is 134 Å². The second-order valence-electron chi connectivity index (χ2n) is 6.09. The normalized spacial score (nSPS) is 11.1. The van der Waals surface area contributed by atoms with Crippen LogP contribution in [0.3, 0.4) is 0 Å². The van der Waals surface area contributed by atoms with Gasteiger partial charge in [0.15, 0.2) is 0 Å². The van der Waals surface area contributed by atoms with Gasteiger partial charge in [-0.15, -0.1) is 0 Å². The van der Waals surface area contributed by atoms with Gasteiger partial charge in [-0.2, -0.15) is 0 Å². The van der Waals surface area contributed by atoms with Crippen LogP contribution in [-0.4, -0.2) is 24.1 Å². The number of amides is 1. The number of rotatable bonds is 4.